The van der Waals surface area contributed by atoms with Crippen LogP contribution in [0.2, 0.25) is 0 Å². The van der Waals surface area contributed by atoms with Crippen LogP contribution >= 0.6 is 0 Å². The predicted molar refractivity (Wildman–Crippen MR) is 102 cm³/mol. The standard InChI is InChI=1S/C18H34O7S.2Na.2H/c1-3-5-7-9-10-12-13-24-17(19)15-16(26(21,22)23)18(20)25-14-11-8-6-4-2;;;;/h16H,3-15H2,1-2H3,(H,21,22,23);;;;/q;2*+1;2*-1. The second-order valence-corrected chi connectivity index (χ2v) is 8.02. The molecule has 0 saturated heterocycles. The third-order valence-corrected chi connectivity index (χ3v) is 5.06. The van der Waals surface area contributed by atoms with Crippen molar-refractivity contribution < 1.29 is 94.0 Å². The molecule has 0 amide bonds. The molecule has 0 rings (SSSR count). The largest absolute Gasteiger partial charge is 1.00 e. The van der Waals surface area contributed by atoms with Crippen LogP contribution in [0.1, 0.15) is 87.3 Å². The molecule has 7 nitrogen and oxygen atoms in total. The summed E-state index contributed by atoms with van der Waals surface area (Å²) in [6, 6.07) is 0. The van der Waals surface area contributed by atoms with E-state index in [1.807, 2.05) is 6.92 Å². The Labute approximate surface area is 217 Å². The summed E-state index contributed by atoms with van der Waals surface area (Å²) in [5, 5.41) is -1.93. The van der Waals surface area contributed by atoms with E-state index in [-0.39, 0.29) is 75.2 Å². The fourth-order valence-corrected chi connectivity index (χ4v) is 3.04. The molecule has 0 fully saturated rings. The molecule has 0 heterocycles. The van der Waals surface area contributed by atoms with Gasteiger partial charge in [0, 0.05) is 0 Å². The zero-order valence-corrected chi connectivity index (χ0v) is 22.9. The quantitative estimate of drug-likeness (QED) is 0.126. The topological polar surface area (TPSA) is 107 Å². The summed E-state index contributed by atoms with van der Waals surface area (Å²) in [7, 11) is -4.73. The van der Waals surface area contributed by atoms with E-state index in [1.165, 1.54) is 6.42 Å². The van der Waals surface area contributed by atoms with Crippen LogP contribution in [0.4, 0.5) is 0 Å². The van der Waals surface area contributed by atoms with Gasteiger partial charge in [-0.3, -0.25) is 14.1 Å². The van der Waals surface area contributed by atoms with E-state index in [1.54, 1.807) is 0 Å². The van der Waals surface area contributed by atoms with Crippen molar-refractivity contribution in [1.82, 2.24) is 0 Å². The van der Waals surface area contributed by atoms with Crippen molar-refractivity contribution in [3.63, 3.8) is 0 Å². The van der Waals surface area contributed by atoms with Gasteiger partial charge in [0.2, 0.25) is 0 Å². The molecular weight excluding hydrogens is 406 g/mol. The van der Waals surface area contributed by atoms with Crippen LogP contribution in [0, 0.1) is 0 Å². The maximum absolute atomic E-state index is 11.9. The SMILES string of the molecule is CCCCCCCCOC(=O)CC(C(=O)OCCCCCC)S(=O)(=O)O.[H-].[H-].[Na+].[Na+]. The molecule has 0 saturated carbocycles. The van der Waals surface area contributed by atoms with Gasteiger partial charge >= 0.3 is 71.1 Å². The van der Waals surface area contributed by atoms with Gasteiger partial charge in [-0.25, -0.2) is 0 Å². The molecular formula is C18H36Na2O7S. The van der Waals surface area contributed by atoms with Gasteiger partial charge in [0.05, 0.1) is 19.6 Å². The summed E-state index contributed by atoms with van der Waals surface area (Å²) in [6.45, 7) is 4.41. The normalized spacial score (nSPS) is 11.7. The molecule has 0 radical (unpaired) electrons. The van der Waals surface area contributed by atoms with Gasteiger partial charge in [-0.05, 0) is 12.8 Å². The molecule has 1 atom stereocenters. The molecule has 0 aliphatic heterocycles. The molecule has 0 bridgehead atoms. The maximum Gasteiger partial charge on any atom is 1.00 e. The molecule has 0 spiro atoms. The number of carbonyl (C=O) groups is 2. The van der Waals surface area contributed by atoms with Gasteiger partial charge in [0.25, 0.3) is 10.1 Å². The molecule has 0 aromatic carbocycles. The molecule has 10 heteroatoms. The van der Waals surface area contributed by atoms with Crippen molar-refractivity contribution in [2.24, 2.45) is 0 Å². The first-order chi connectivity index (χ1) is 12.3. The third kappa shape index (κ3) is 18.9. The van der Waals surface area contributed by atoms with Crippen LogP contribution in [-0.4, -0.2) is 43.4 Å². The molecule has 28 heavy (non-hydrogen) atoms. The minimum Gasteiger partial charge on any atom is -1.00 e. The van der Waals surface area contributed by atoms with E-state index in [4.69, 9.17) is 9.47 Å². The van der Waals surface area contributed by atoms with Crippen molar-refractivity contribution in [2.75, 3.05) is 13.2 Å². The molecule has 1 N–H and O–H groups in total. The van der Waals surface area contributed by atoms with Gasteiger partial charge in [0.1, 0.15) is 0 Å². The van der Waals surface area contributed by atoms with E-state index >= 15 is 0 Å². The number of unbranched alkanes of at least 4 members (excludes halogenated alkanes) is 8. The summed E-state index contributed by atoms with van der Waals surface area (Å²) in [6.07, 6.45) is 8.89. The van der Waals surface area contributed by atoms with E-state index in [2.05, 4.69) is 6.92 Å². The molecule has 0 aromatic heterocycles. The Bertz CT molecular complexity index is 509. The fraction of sp³-hybridized carbons (Fsp3) is 0.889. The van der Waals surface area contributed by atoms with Gasteiger partial charge in [-0.2, -0.15) is 8.42 Å². The number of hydrogen-bond donors (Lipinski definition) is 1. The van der Waals surface area contributed by atoms with Crippen LogP contribution < -0.4 is 59.1 Å². The zero-order chi connectivity index (χ0) is 19.8. The van der Waals surface area contributed by atoms with Crippen molar-refractivity contribution in [2.45, 2.75) is 89.7 Å². The summed E-state index contributed by atoms with van der Waals surface area (Å²) < 4.78 is 41.8. The Morgan fingerprint density at radius 3 is 1.75 bits per heavy atom. The van der Waals surface area contributed by atoms with Crippen LogP contribution in [0.25, 0.3) is 0 Å². The van der Waals surface area contributed by atoms with Crippen LogP contribution in [-0.2, 0) is 29.2 Å². The van der Waals surface area contributed by atoms with E-state index < -0.39 is 33.7 Å². The van der Waals surface area contributed by atoms with Crippen molar-refractivity contribution in [1.29, 1.82) is 0 Å². The van der Waals surface area contributed by atoms with Gasteiger partial charge in [-0.15, -0.1) is 0 Å². The molecule has 0 aromatic rings. The number of ether oxygens (including phenoxy) is 2. The average Bonchev–Trinajstić information content (AvgIpc) is 2.57. The first kappa shape index (κ1) is 33.5. The van der Waals surface area contributed by atoms with E-state index in [0.717, 1.165) is 44.9 Å². The second-order valence-electron chi connectivity index (χ2n) is 6.42. The van der Waals surface area contributed by atoms with Crippen LogP contribution in [0.3, 0.4) is 0 Å². The monoisotopic (exact) mass is 442 g/mol. The summed E-state index contributed by atoms with van der Waals surface area (Å²) >= 11 is 0. The first-order valence-electron chi connectivity index (χ1n) is 9.61. The maximum atomic E-state index is 11.9. The van der Waals surface area contributed by atoms with E-state index in [9.17, 15) is 22.6 Å². The minimum absolute atomic E-state index is 0. The molecule has 0 aliphatic carbocycles. The minimum atomic E-state index is -4.73. The average molecular weight is 443 g/mol. The Hall–Kier alpha value is 0.850. The van der Waals surface area contributed by atoms with Crippen molar-refractivity contribution >= 4 is 22.1 Å². The molecule has 0 aliphatic rings. The van der Waals surface area contributed by atoms with Gasteiger partial charge < -0.3 is 12.3 Å². The smallest absolute Gasteiger partial charge is 1.00 e. The fourth-order valence-electron chi connectivity index (χ4n) is 2.38. The van der Waals surface area contributed by atoms with Gasteiger partial charge in [-0.1, -0.05) is 65.2 Å². The summed E-state index contributed by atoms with van der Waals surface area (Å²) in [4.78, 5) is 23.6. The van der Waals surface area contributed by atoms with Gasteiger partial charge in [0.15, 0.2) is 5.25 Å². The van der Waals surface area contributed by atoms with Crippen LogP contribution in [0.5, 0.6) is 0 Å². The summed E-state index contributed by atoms with van der Waals surface area (Å²) in [5.41, 5.74) is 0. The Morgan fingerprint density at radius 2 is 1.25 bits per heavy atom. The predicted octanol–water partition coefficient (Wildman–Crippen LogP) is -2.11. The number of esters is 2. The Balaban J connectivity index is -0.000000521. The Kier molecular flexibility index (Phi) is 25.2. The van der Waals surface area contributed by atoms with Crippen molar-refractivity contribution in [3.05, 3.63) is 0 Å². The summed E-state index contributed by atoms with van der Waals surface area (Å²) in [5.74, 6) is -1.94. The number of hydrogen-bond acceptors (Lipinski definition) is 6. The van der Waals surface area contributed by atoms with Crippen molar-refractivity contribution in [3.8, 4) is 0 Å². The Morgan fingerprint density at radius 1 is 0.821 bits per heavy atom. The van der Waals surface area contributed by atoms with E-state index in [0.29, 0.717) is 12.8 Å². The third-order valence-electron chi connectivity index (χ3n) is 3.98. The van der Waals surface area contributed by atoms with Crippen LogP contribution in [0.15, 0.2) is 0 Å². The first-order valence-corrected chi connectivity index (χ1v) is 11.1. The zero-order valence-electron chi connectivity index (χ0n) is 20.1. The molecule has 158 valence electrons. The molecule has 1 unspecified atom stereocenters. The number of carbonyl (C=O) groups excluding carboxylic acids is 2. The number of rotatable bonds is 16. The second kappa shape index (κ2) is 21.1.